The highest BCUT2D eigenvalue weighted by atomic mass is 35.5. The van der Waals surface area contributed by atoms with Crippen LogP contribution in [0.3, 0.4) is 0 Å². The van der Waals surface area contributed by atoms with Crippen LogP contribution in [0.5, 0.6) is 0 Å². The van der Waals surface area contributed by atoms with E-state index in [-0.39, 0.29) is 12.4 Å². The first-order valence-corrected chi connectivity index (χ1v) is 7.60. The van der Waals surface area contributed by atoms with Crippen LogP contribution in [0.1, 0.15) is 32.1 Å². The number of carbonyl (C=O) groups excluding carboxylic acids is 1. The molecule has 2 saturated heterocycles. The summed E-state index contributed by atoms with van der Waals surface area (Å²) in [5.41, 5.74) is 0. The number of nitrogens with one attached hydrogen (secondary N) is 1. The molecule has 0 bridgehead atoms. The average Bonchev–Trinajstić information content (AvgIpc) is 2.66. The molecule has 0 aromatic heterocycles. The van der Waals surface area contributed by atoms with E-state index in [0.717, 1.165) is 44.6 Å². The zero-order chi connectivity index (χ0) is 11.2. The second kappa shape index (κ2) is 8.22. The van der Waals surface area contributed by atoms with Crippen molar-refractivity contribution in [1.82, 2.24) is 10.2 Å². The molecule has 0 aromatic carbocycles. The Labute approximate surface area is 114 Å². The minimum atomic E-state index is 0. The highest BCUT2D eigenvalue weighted by Gasteiger charge is 2.19. The third kappa shape index (κ3) is 5.06. The topological polar surface area (TPSA) is 32.3 Å². The van der Waals surface area contributed by atoms with Gasteiger partial charge in [0.05, 0.1) is 0 Å². The van der Waals surface area contributed by atoms with Gasteiger partial charge in [-0.1, -0.05) is 0 Å². The lowest BCUT2D eigenvalue weighted by Crippen LogP contribution is -2.34. The van der Waals surface area contributed by atoms with Gasteiger partial charge in [-0.05, 0) is 38.0 Å². The molecule has 0 aromatic rings. The van der Waals surface area contributed by atoms with Crippen molar-refractivity contribution in [3.63, 3.8) is 0 Å². The maximum absolute atomic E-state index is 12.0. The van der Waals surface area contributed by atoms with Gasteiger partial charge in [0.1, 0.15) is 0 Å². The molecule has 2 heterocycles. The Kier molecular flexibility index (Phi) is 7.32. The fourth-order valence-electron chi connectivity index (χ4n) is 2.45. The number of halogens is 1. The van der Waals surface area contributed by atoms with Gasteiger partial charge in [-0.2, -0.15) is 11.8 Å². The van der Waals surface area contributed by atoms with Crippen LogP contribution < -0.4 is 5.32 Å². The van der Waals surface area contributed by atoms with Crippen molar-refractivity contribution in [3.8, 4) is 0 Å². The summed E-state index contributed by atoms with van der Waals surface area (Å²) in [7, 11) is 0. The minimum absolute atomic E-state index is 0. The van der Waals surface area contributed by atoms with Crippen LogP contribution in [0.15, 0.2) is 0 Å². The molecule has 3 nitrogen and oxygen atoms in total. The zero-order valence-electron chi connectivity index (χ0n) is 10.3. The van der Waals surface area contributed by atoms with Crippen LogP contribution in [-0.4, -0.2) is 48.0 Å². The van der Waals surface area contributed by atoms with Crippen LogP contribution in [-0.2, 0) is 4.79 Å². The first-order chi connectivity index (χ1) is 7.86. The van der Waals surface area contributed by atoms with Gasteiger partial charge < -0.3 is 10.2 Å². The van der Waals surface area contributed by atoms with Crippen molar-refractivity contribution in [1.29, 1.82) is 0 Å². The van der Waals surface area contributed by atoms with Crippen LogP contribution in [0.25, 0.3) is 0 Å². The monoisotopic (exact) mass is 278 g/mol. The molecule has 2 fully saturated rings. The molecule has 2 aliphatic heterocycles. The first-order valence-electron chi connectivity index (χ1n) is 6.45. The molecule has 0 spiro atoms. The molecule has 1 unspecified atom stereocenters. The van der Waals surface area contributed by atoms with Crippen LogP contribution in [0.4, 0.5) is 0 Å². The van der Waals surface area contributed by atoms with Crippen molar-refractivity contribution in [2.45, 2.75) is 38.1 Å². The second-order valence-corrected chi connectivity index (χ2v) is 5.90. The molecule has 0 aliphatic carbocycles. The summed E-state index contributed by atoms with van der Waals surface area (Å²) in [6.45, 7) is 3.07. The number of amides is 1. The van der Waals surface area contributed by atoms with E-state index < -0.39 is 0 Å². The van der Waals surface area contributed by atoms with E-state index >= 15 is 0 Å². The van der Waals surface area contributed by atoms with Crippen LogP contribution in [0.2, 0.25) is 0 Å². The third-order valence-electron chi connectivity index (χ3n) is 3.44. The van der Waals surface area contributed by atoms with Gasteiger partial charge in [-0.15, -0.1) is 12.4 Å². The highest BCUT2D eigenvalue weighted by Crippen LogP contribution is 2.14. The van der Waals surface area contributed by atoms with Gasteiger partial charge in [-0.25, -0.2) is 0 Å². The summed E-state index contributed by atoms with van der Waals surface area (Å²) in [5.74, 6) is 2.71. The van der Waals surface area contributed by atoms with Crippen LogP contribution >= 0.6 is 24.2 Å². The Hall–Kier alpha value is 0.0700. The average molecular weight is 279 g/mol. The van der Waals surface area contributed by atoms with Gasteiger partial charge in [-0.3, -0.25) is 4.79 Å². The lowest BCUT2D eigenvalue weighted by molar-refractivity contribution is -0.131. The molecule has 100 valence electrons. The maximum Gasteiger partial charge on any atom is 0.222 e. The summed E-state index contributed by atoms with van der Waals surface area (Å²) < 4.78 is 0. The lowest BCUT2D eigenvalue weighted by Gasteiger charge is -2.20. The number of thioether (sulfide) groups is 1. The first kappa shape index (κ1) is 15.1. The van der Waals surface area contributed by atoms with Crippen molar-refractivity contribution in [2.24, 2.45) is 0 Å². The van der Waals surface area contributed by atoms with Gasteiger partial charge in [0.2, 0.25) is 5.91 Å². The van der Waals surface area contributed by atoms with Gasteiger partial charge in [0.15, 0.2) is 0 Å². The SMILES string of the molecule is Cl.O=C(CCC1CCCN1)N1CCCSCC1. The standard InChI is InChI=1S/C12H22N2OS.ClH/c15-12(5-4-11-3-1-6-13-11)14-7-2-9-16-10-8-14;/h11,13H,1-10H2;1H. The number of hydrogen-bond acceptors (Lipinski definition) is 3. The van der Waals surface area contributed by atoms with Crippen molar-refractivity contribution < 1.29 is 4.79 Å². The summed E-state index contributed by atoms with van der Waals surface area (Å²) in [5, 5.41) is 3.45. The molecule has 17 heavy (non-hydrogen) atoms. The van der Waals surface area contributed by atoms with Crippen LogP contribution in [0, 0.1) is 0 Å². The lowest BCUT2D eigenvalue weighted by atomic mass is 10.1. The van der Waals surface area contributed by atoms with E-state index in [9.17, 15) is 4.79 Å². The molecule has 1 amide bonds. The molecule has 1 N–H and O–H groups in total. The number of rotatable bonds is 3. The molecule has 0 saturated carbocycles. The summed E-state index contributed by atoms with van der Waals surface area (Å²) in [6.07, 6.45) is 5.46. The smallest absolute Gasteiger partial charge is 0.222 e. The van der Waals surface area contributed by atoms with Crippen molar-refractivity contribution in [3.05, 3.63) is 0 Å². The maximum atomic E-state index is 12.0. The quantitative estimate of drug-likeness (QED) is 0.856. The molecule has 1 atom stereocenters. The summed E-state index contributed by atoms with van der Waals surface area (Å²) in [6, 6.07) is 0.602. The number of hydrogen-bond donors (Lipinski definition) is 1. The van der Waals surface area contributed by atoms with Gasteiger partial charge in [0.25, 0.3) is 0 Å². The molecule has 2 rings (SSSR count). The Balaban J connectivity index is 0.00000144. The third-order valence-corrected chi connectivity index (χ3v) is 4.49. The van der Waals surface area contributed by atoms with E-state index in [1.54, 1.807) is 0 Å². The Morgan fingerprint density at radius 2 is 2.18 bits per heavy atom. The van der Waals surface area contributed by atoms with Crippen molar-refractivity contribution in [2.75, 3.05) is 31.1 Å². The molecule has 5 heteroatoms. The minimum Gasteiger partial charge on any atom is -0.342 e. The fraction of sp³-hybridized carbons (Fsp3) is 0.917. The fourth-order valence-corrected chi connectivity index (χ4v) is 3.34. The van der Waals surface area contributed by atoms with E-state index in [0.29, 0.717) is 11.9 Å². The Bertz CT molecular complexity index is 227. The van der Waals surface area contributed by atoms with E-state index in [4.69, 9.17) is 0 Å². The Morgan fingerprint density at radius 1 is 1.29 bits per heavy atom. The number of nitrogens with zero attached hydrogens (tertiary/aromatic N) is 1. The normalized spacial score (nSPS) is 25.2. The molecular weight excluding hydrogens is 256 g/mol. The predicted molar refractivity (Wildman–Crippen MR) is 76.0 cm³/mol. The molecule has 2 aliphatic rings. The zero-order valence-corrected chi connectivity index (χ0v) is 12.0. The highest BCUT2D eigenvalue weighted by molar-refractivity contribution is 7.99. The molecule has 0 radical (unpaired) electrons. The molecular formula is C12H23ClN2OS. The summed E-state index contributed by atoms with van der Waals surface area (Å²) >= 11 is 1.97. The second-order valence-electron chi connectivity index (χ2n) is 4.68. The van der Waals surface area contributed by atoms with Gasteiger partial charge >= 0.3 is 0 Å². The van der Waals surface area contributed by atoms with E-state index in [1.165, 1.54) is 18.6 Å². The predicted octanol–water partition coefficient (Wildman–Crippen LogP) is 1.91. The van der Waals surface area contributed by atoms with E-state index in [2.05, 4.69) is 10.2 Å². The van der Waals surface area contributed by atoms with Crippen molar-refractivity contribution >= 4 is 30.1 Å². The van der Waals surface area contributed by atoms with E-state index in [1.807, 2.05) is 11.8 Å². The summed E-state index contributed by atoms with van der Waals surface area (Å²) in [4.78, 5) is 14.1. The largest absolute Gasteiger partial charge is 0.342 e. The Morgan fingerprint density at radius 3 is 2.94 bits per heavy atom. The number of carbonyl (C=O) groups is 1. The van der Waals surface area contributed by atoms with Gasteiger partial charge in [0, 0.05) is 31.3 Å².